The van der Waals surface area contributed by atoms with Gasteiger partial charge in [0.2, 0.25) is 0 Å². The number of anilines is 1. The van der Waals surface area contributed by atoms with Gasteiger partial charge in [0, 0.05) is 35.8 Å². The monoisotopic (exact) mass is 336 g/mol. The quantitative estimate of drug-likeness (QED) is 0.888. The van der Waals surface area contributed by atoms with E-state index in [2.05, 4.69) is 67.6 Å². The minimum Gasteiger partial charge on any atom is -0.371 e. The third-order valence-corrected chi connectivity index (χ3v) is 4.47. The highest BCUT2D eigenvalue weighted by atomic mass is 79.9. The standard InChI is InChI=1S/C15H21BrN4/c1-11-8-17-15(19-11)18-9-12-6-7-20(10-12)14-4-2-13(16)3-5-14/h2-5,11-12H,6-10H2,1H3,(H2,17,18,19). The van der Waals surface area contributed by atoms with Gasteiger partial charge in [-0.1, -0.05) is 15.9 Å². The van der Waals surface area contributed by atoms with Gasteiger partial charge in [-0.05, 0) is 43.5 Å². The molecule has 2 aliphatic heterocycles. The summed E-state index contributed by atoms with van der Waals surface area (Å²) in [6.07, 6.45) is 1.24. The second kappa shape index (κ2) is 6.04. The maximum atomic E-state index is 4.44. The van der Waals surface area contributed by atoms with Crippen molar-refractivity contribution in [2.75, 3.05) is 31.1 Å². The molecule has 0 saturated carbocycles. The van der Waals surface area contributed by atoms with Crippen LogP contribution in [0.5, 0.6) is 0 Å². The number of nitrogens with zero attached hydrogens (tertiary/aromatic N) is 2. The Hall–Kier alpha value is -1.23. The largest absolute Gasteiger partial charge is 0.371 e. The Bertz CT molecular complexity index is 485. The number of guanidine groups is 1. The highest BCUT2D eigenvalue weighted by molar-refractivity contribution is 9.10. The zero-order valence-corrected chi connectivity index (χ0v) is 13.4. The van der Waals surface area contributed by atoms with Crippen LogP contribution >= 0.6 is 15.9 Å². The summed E-state index contributed by atoms with van der Waals surface area (Å²) < 4.78 is 1.14. The van der Waals surface area contributed by atoms with E-state index in [0.29, 0.717) is 12.0 Å². The van der Waals surface area contributed by atoms with E-state index in [4.69, 9.17) is 0 Å². The van der Waals surface area contributed by atoms with Gasteiger partial charge in [0.05, 0.1) is 6.54 Å². The SMILES string of the molecule is CC1CN=C(NCC2CCN(c3ccc(Br)cc3)C2)N1. The first-order valence-corrected chi connectivity index (χ1v) is 8.05. The van der Waals surface area contributed by atoms with Crippen LogP contribution < -0.4 is 15.5 Å². The summed E-state index contributed by atoms with van der Waals surface area (Å²) in [5.74, 6) is 1.67. The van der Waals surface area contributed by atoms with Crippen LogP contribution in [-0.4, -0.2) is 38.2 Å². The van der Waals surface area contributed by atoms with E-state index >= 15 is 0 Å². The van der Waals surface area contributed by atoms with Crippen molar-refractivity contribution in [3.05, 3.63) is 28.7 Å². The number of hydrogen-bond donors (Lipinski definition) is 2. The van der Waals surface area contributed by atoms with E-state index in [1.54, 1.807) is 0 Å². The fourth-order valence-corrected chi connectivity index (χ4v) is 3.05. The minimum atomic E-state index is 0.473. The molecular weight excluding hydrogens is 316 g/mol. The van der Waals surface area contributed by atoms with Crippen molar-refractivity contribution >= 4 is 27.6 Å². The average Bonchev–Trinajstić information content (AvgIpc) is 3.06. The van der Waals surface area contributed by atoms with Crippen molar-refractivity contribution in [2.45, 2.75) is 19.4 Å². The minimum absolute atomic E-state index is 0.473. The molecule has 4 nitrogen and oxygen atoms in total. The van der Waals surface area contributed by atoms with Gasteiger partial charge in [-0.25, -0.2) is 0 Å². The van der Waals surface area contributed by atoms with Crippen LogP contribution in [0.4, 0.5) is 5.69 Å². The third-order valence-electron chi connectivity index (χ3n) is 3.94. The summed E-state index contributed by atoms with van der Waals surface area (Å²) in [7, 11) is 0. The fourth-order valence-electron chi connectivity index (χ4n) is 2.79. The van der Waals surface area contributed by atoms with Crippen LogP contribution in [0.15, 0.2) is 33.7 Å². The Balaban J connectivity index is 1.48. The molecule has 1 aromatic rings. The molecule has 5 heteroatoms. The average molecular weight is 337 g/mol. The normalized spacial score (nSPS) is 25.5. The molecule has 2 heterocycles. The van der Waals surface area contributed by atoms with Crippen molar-refractivity contribution in [1.82, 2.24) is 10.6 Å². The lowest BCUT2D eigenvalue weighted by Crippen LogP contribution is -2.40. The van der Waals surface area contributed by atoms with Gasteiger partial charge in [-0.2, -0.15) is 0 Å². The van der Waals surface area contributed by atoms with Crippen molar-refractivity contribution in [1.29, 1.82) is 0 Å². The lowest BCUT2D eigenvalue weighted by Gasteiger charge is -2.19. The molecule has 2 aliphatic rings. The van der Waals surface area contributed by atoms with E-state index in [-0.39, 0.29) is 0 Å². The topological polar surface area (TPSA) is 39.7 Å². The summed E-state index contributed by atoms with van der Waals surface area (Å²) in [5.41, 5.74) is 1.32. The van der Waals surface area contributed by atoms with Crippen LogP contribution in [0.1, 0.15) is 13.3 Å². The van der Waals surface area contributed by atoms with Crippen LogP contribution in [0.25, 0.3) is 0 Å². The number of nitrogens with one attached hydrogen (secondary N) is 2. The zero-order chi connectivity index (χ0) is 13.9. The highest BCUT2D eigenvalue weighted by Gasteiger charge is 2.23. The maximum absolute atomic E-state index is 4.44. The molecule has 0 aromatic heterocycles. The van der Waals surface area contributed by atoms with Crippen molar-refractivity contribution in [2.24, 2.45) is 10.9 Å². The number of rotatable bonds is 3. The Labute approximate surface area is 128 Å². The summed E-state index contributed by atoms with van der Waals surface area (Å²) in [4.78, 5) is 6.90. The molecule has 20 heavy (non-hydrogen) atoms. The second-order valence-electron chi connectivity index (χ2n) is 5.69. The summed E-state index contributed by atoms with van der Waals surface area (Å²) in [5, 5.41) is 6.79. The van der Waals surface area contributed by atoms with Gasteiger partial charge in [-0.3, -0.25) is 4.99 Å². The molecule has 0 amide bonds. The second-order valence-corrected chi connectivity index (χ2v) is 6.61. The highest BCUT2D eigenvalue weighted by Crippen LogP contribution is 2.24. The van der Waals surface area contributed by atoms with E-state index in [9.17, 15) is 0 Å². The molecule has 0 radical (unpaired) electrons. The summed E-state index contributed by atoms with van der Waals surface area (Å²) in [6.45, 7) is 6.31. The first-order valence-electron chi connectivity index (χ1n) is 7.26. The first kappa shape index (κ1) is 13.7. The van der Waals surface area contributed by atoms with Gasteiger partial charge < -0.3 is 15.5 Å². The molecule has 2 atom stereocenters. The van der Waals surface area contributed by atoms with Crippen LogP contribution in [-0.2, 0) is 0 Å². The molecular formula is C15H21BrN4. The van der Waals surface area contributed by atoms with E-state index in [1.807, 2.05) is 0 Å². The number of hydrogen-bond acceptors (Lipinski definition) is 4. The van der Waals surface area contributed by atoms with Gasteiger partial charge >= 0.3 is 0 Å². The Morgan fingerprint density at radius 1 is 1.40 bits per heavy atom. The maximum Gasteiger partial charge on any atom is 0.191 e. The zero-order valence-electron chi connectivity index (χ0n) is 11.8. The van der Waals surface area contributed by atoms with Gasteiger partial charge in [0.15, 0.2) is 5.96 Å². The number of benzene rings is 1. The summed E-state index contributed by atoms with van der Waals surface area (Å²) in [6, 6.07) is 9.06. The predicted octanol–water partition coefficient (Wildman–Crippen LogP) is 2.21. The van der Waals surface area contributed by atoms with Crippen molar-refractivity contribution in [3.8, 4) is 0 Å². The molecule has 2 N–H and O–H groups in total. The number of halogens is 1. The molecule has 0 bridgehead atoms. The van der Waals surface area contributed by atoms with Gasteiger partial charge in [0.1, 0.15) is 0 Å². The van der Waals surface area contributed by atoms with Crippen molar-refractivity contribution in [3.63, 3.8) is 0 Å². The lowest BCUT2D eigenvalue weighted by atomic mass is 10.1. The van der Waals surface area contributed by atoms with Crippen LogP contribution in [0, 0.1) is 5.92 Å². The molecule has 2 unspecified atom stereocenters. The van der Waals surface area contributed by atoms with Gasteiger partial charge in [-0.15, -0.1) is 0 Å². The molecule has 0 aliphatic carbocycles. The molecule has 1 aromatic carbocycles. The third kappa shape index (κ3) is 3.26. The fraction of sp³-hybridized carbons (Fsp3) is 0.533. The number of aliphatic imine (C=N–C) groups is 1. The summed E-state index contributed by atoms with van der Waals surface area (Å²) >= 11 is 3.48. The van der Waals surface area contributed by atoms with E-state index in [0.717, 1.165) is 36.6 Å². The Morgan fingerprint density at radius 3 is 2.90 bits per heavy atom. The Morgan fingerprint density at radius 2 is 2.20 bits per heavy atom. The predicted molar refractivity (Wildman–Crippen MR) is 87.4 cm³/mol. The van der Waals surface area contributed by atoms with Crippen LogP contribution in [0.2, 0.25) is 0 Å². The lowest BCUT2D eigenvalue weighted by molar-refractivity contribution is 0.566. The molecule has 3 rings (SSSR count). The van der Waals surface area contributed by atoms with Crippen molar-refractivity contribution < 1.29 is 0 Å². The van der Waals surface area contributed by atoms with Crippen LogP contribution in [0.3, 0.4) is 0 Å². The molecule has 108 valence electrons. The van der Waals surface area contributed by atoms with E-state index < -0.39 is 0 Å². The molecule has 1 fully saturated rings. The molecule has 1 saturated heterocycles. The Kier molecular flexibility index (Phi) is 4.15. The smallest absolute Gasteiger partial charge is 0.191 e. The van der Waals surface area contributed by atoms with Gasteiger partial charge in [0.25, 0.3) is 0 Å². The first-order chi connectivity index (χ1) is 9.70. The molecule has 0 spiro atoms. The van der Waals surface area contributed by atoms with E-state index in [1.165, 1.54) is 12.1 Å².